The van der Waals surface area contributed by atoms with E-state index in [1.54, 1.807) is 7.11 Å². The number of fused-ring (bicyclic) bond motifs is 3. The number of hydrogen-bond acceptors (Lipinski definition) is 3. The first-order valence-electron chi connectivity index (χ1n) is 7.57. The Morgan fingerprint density at radius 3 is 2.71 bits per heavy atom. The molecule has 0 saturated carbocycles. The molecule has 3 aromatic rings. The number of hydrogen-bond donors (Lipinski definition) is 2. The average Bonchev–Trinajstić information content (AvgIpc) is 2.93. The number of nitrogens with one attached hydrogen (secondary N) is 1. The minimum Gasteiger partial charge on any atom is -0.502 e. The van der Waals surface area contributed by atoms with Gasteiger partial charge in [0.2, 0.25) is 0 Å². The molecule has 3 rings (SSSR count). The van der Waals surface area contributed by atoms with Crippen molar-refractivity contribution in [1.29, 1.82) is 5.53 Å². The van der Waals surface area contributed by atoms with Crippen LogP contribution in [-0.4, -0.2) is 17.5 Å². The van der Waals surface area contributed by atoms with Gasteiger partial charge in [0.25, 0.3) is 0 Å². The fraction of sp³-hybridized carbons (Fsp3) is 0.167. The number of nitrogens with zero attached hydrogens (tertiary/aromatic N) is 3. The van der Waals surface area contributed by atoms with E-state index < -0.39 is 0 Å². The molecule has 0 aliphatic carbocycles. The monoisotopic (exact) mass is 321 g/mol. The van der Waals surface area contributed by atoms with Gasteiger partial charge in [0, 0.05) is 33.9 Å². The third-order valence-corrected chi connectivity index (χ3v) is 4.11. The van der Waals surface area contributed by atoms with E-state index in [9.17, 15) is 0 Å². The number of benzene rings is 2. The van der Waals surface area contributed by atoms with Crippen LogP contribution in [0.4, 0.5) is 0 Å². The lowest BCUT2D eigenvalue weighted by Gasteiger charge is -2.06. The fourth-order valence-electron chi connectivity index (χ4n) is 2.82. The van der Waals surface area contributed by atoms with Crippen LogP contribution in [0.5, 0.6) is 0 Å². The van der Waals surface area contributed by atoms with Gasteiger partial charge >= 0.3 is 0 Å². The molecular formula is C18H19N5O. The second kappa shape index (κ2) is 6.54. The summed E-state index contributed by atoms with van der Waals surface area (Å²) in [5.74, 6) is 1.12. The van der Waals surface area contributed by atoms with Gasteiger partial charge < -0.3 is 15.0 Å². The lowest BCUT2D eigenvalue weighted by molar-refractivity contribution is 0.291. The van der Waals surface area contributed by atoms with Crippen LogP contribution in [0.15, 0.2) is 64.6 Å². The van der Waals surface area contributed by atoms with Gasteiger partial charge in [0.15, 0.2) is 5.84 Å². The summed E-state index contributed by atoms with van der Waals surface area (Å²) in [7, 11) is 1.67. The summed E-state index contributed by atoms with van der Waals surface area (Å²) in [6, 6.07) is 14.1. The van der Waals surface area contributed by atoms with Crippen LogP contribution in [0.25, 0.3) is 21.8 Å². The Hall–Kier alpha value is -3.15. The molecule has 0 aliphatic rings. The van der Waals surface area contributed by atoms with Crippen molar-refractivity contribution in [2.75, 3.05) is 7.11 Å². The highest BCUT2D eigenvalue weighted by atomic mass is 16.5. The van der Waals surface area contributed by atoms with Crippen molar-refractivity contribution in [2.45, 2.75) is 13.5 Å². The fourth-order valence-corrected chi connectivity index (χ4v) is 2.82. The first kappa shape index (κ1) is 15.7. The molecule has 0 spiro atoms. The summed E-state index contributed by atoms with van der Waals surface area (Å²) in [5, 5.41) is 8.86. The molecule has 24 heavy (non-hydrogen) atoms. The smallest absolute Gasteiger partial charge is 0.155 e. The molecule has 1 aromatic heterocycles. The zero-order valence-corrected chi connectivity index (χ0v) is 13.7. The number of amidine groups is 1. The number of nitrogens with two attached hydrogens (primary N) is 1. The van der Waals surface area contributed by atoms with E-state index in [4.69, 9.17) is 16.0 Å². The van der Waals surface area contributed by atoms with Gasteiger partial charge in [0.05, 0.1) is 12.9 Å². The number of aromatic nitrogens is 1. The van der Waals surface area contributed by atoms with Crippen molar-refractivity contribution in [3.05, 3.63) is 59.9 Å². The number of allylic oxidation sites excluding steroid dienone is 2. The maximum atomic E-state index is 6.83. The lowest BCUT2D eigenvalue weighted by atomic mass is 10.1. The van der Waals surface area contributed by atoms with Gasteiger partial charge in [-0.3, -0.25) is 0 Å². The van der Waals surface area contributed by atoms with Gasteiger partial charge in [-0.05, 0) is 37.3 Å². The van der Waals surface area contributed by atoms with Crippen molar-refractivity contribution in [2.24, 2.45) is 16.1 Å². The molecule has 3 N–H and O–H groups in total. The van der Waals surface area contributed by atoms with Crippen molar-refractivity contribution in [3.8, 4) is 0 Å². The van der Waals surface area contributed by atoms with Crippen LogP contribution in [-0.2, 0) is 11.3 Å². The molecule has 2 aromatic carbocycles. The number of para-hydroxylation sites is 1. The Morgan fingerprint density at radius 1 is 1.21 bits per heavy atom. The molecule has 6 heteroatoms. The van der Waals surface area contributed by atoms with Crippen LogP contribution < -0.4 is 5.73 Å². The summed E-state index contributed by atoms with van der Waals surface area (Å²) in [6.07, 6.45) is 2.05. The zero-order chi connectivity index (χ0) is 17.1. The summed E-state index contributed by atoms with van der Waals surface area (Å²) >= 11 is 0. The number of ether oxygens (including phenoxy) is 1. The minimum absolute atomic E-state index is 0.235. The van der Waals surface area contributed by atoms with Crippen LogP contribution in [0.3, 0.4) is 0 Å². The molecule has 0 bridgehead atoms. The first-order valence-corrected chi connectivity index (χ1v) is 7.57. The van der Waals surface area contributed by atoms with Gasteiger partial charge in [-0.1, -0.05) is 23.4 Å². The normalized spacial score (nSPS) is 12.8. The summed E-state index contributed by atoms with van der Waals surface area (Å²) in [5.41, 5.74) is 15.7. The molecule has 0 aliphatic heterocycles. The van der Waals surface area contributed by atoms with Crippen LogP contribution in [0.1, 0.15) is 12.5 Å². The lowest BCUT2D eigenvalue weighted by Crippen LogP contribution is -2.12. The maximum absolute atomic E-state index is 6.83. The highest BCUT2D eigenvalue weighted by Crippen LogP contribution is 2.30. The second-order valence-electron chi connectivity index (χ2n) is 5.46. The maximum Gasteiger partial charge on any atom is 0.155 e. The summed E-state index contributed by atoms with van der Waals surface area (Å²) in [6.45, 7) is 2.65. The third kappa shape index (κ3) is 2.74. The molecule has 0 unspecified atom stereocenters. The highest BCUT2D eigenvalue weighted by Gasteiger charge is 2.11. The van der Waals surface area contributed by atoms with Crippen molar-refractivity contribution in [1.82, 2.24) is 4.57 Å². The average molecular weight is 321 g/mol. The van der Waals surface area contributed by atoms with Crippen LogP contribution >= 0.6 is 0 Å². The SMILES string of the molecule is CO/C(C)=C\Cn1c2ccccc2c2cc(C(N)=NN=N)ccc21. The molecule has 0 amide bonds. The predicted octanol–water partition coefficient (Wildman–Crippen LogP) is 4.00. The Morgan fingerprint density at radius 2 is 1.96 bits per heavy atom. The Labute approximate surface area is 139 Å². The van der Waals surface area contributed by atoms with Gasteiger partial charge in [-0.15, -0.1) is 5.10 Å². The molecule has 0 atom stereocenters. The largest absolute Gasteiger partial charge is 0.502 e. The van der Waals surface area contributed by atoms with Gasteiger partial charge in [-0.2, -0.15) is 5.53 Å². The standard InChI is InChI=1S/C18H19N5O/c1-12(24-2)9-10-23-16-6-4-3-5-14(16)15-11-13(7-8-17(15)23)18(19)21-22-20/h3-9,11H,10H2,1-2H3,(H3,19,20,21)/b12-9-. The molecule has 1 heterocycles. The Bertz CT molecular complexity index is 968. The molecule has 0 fully saturated rings. The number of methoxy groups -OCH3 is 1. The van der Waals surface area contributed by atoms with E-state index in [0.717, 1.165) is 33.1 Å². The van der Waals surface area contributed by atoms with Crippen molar-refractivity contribution < 1.29 is 4.74 Å². The Kier molecular flexibility index (Phi) is 4.29. The quantitative estimate of drug-likeness (QED) is 0.244. The first-order chi connectivity index (χ1) is 11.7. The highest BCUT2D eigenvalue weighted by molar-refractivity contribution is 6.11. The van der Waals surface area contributed by atoms with E-state index in [1.165, 1.54) is 0 Å². The zero-order valence-electron chi connectivity index (χ0n) is 13.7. The molecular weight excluding hydrogens is 302 g/mol. The number of rotatable bonds is 5. The third-order valence-electron chi connectivity index (χ3n) is 4.11. The van der Waals surface area contributed by atoms with Crippen molar-refractivity contribution >= 4 is 27.6 Å². The van der Waals surface area contributed by atoms with Gasteiger partial charge in [-0.25, -0.2) is 0 Å². The molecule has 6 nitrogen and oxygen atoms in total. The van der Waals surface area contributed by atoms with E-state index in [-0.39, 0.29) is 5.84 Å². The van der Waals surface area contributed by atoms with Crippen molar-refractivity contribution in [3.63, 3.8) is 0 Å². The Balaban J connectivity index is 2.23. The van der Waals surface area contributed by atoms with E-state index in [1.807, 2.05) is 37.3 Å². The van der Waals surface area contributed by atoms with E-state index in [0.29, 0.717) is 6.54 Å². The topological polar surface area (TPSA) is 88.8 Å². The minimum atomic E-state index is 0.235. The van der Waals surface area contributed by atoms with E-state index >= 15 is 0 Å². The summed E-state index contributed by atoms with van der Waals surface area (Å²) < 4.78 is 7.47. The molecule has 122 valence electrons. The van der Waals surface area contributed by atoms with E-state index in [2.05, 4.69) is 33.1 Å². The molecule has 0 saturated heterocycles. The molecule has 0 radical (unpaired) electrons. The van der Waals surface area contributed by atoms with Gasteiger partial charge in [0.1, 0.15) is 0 Å². The van der Waals surface area contributed by atoms with Crippen LogP contribution in [0, 0.1) is 5.53 Å². The van der Waals surface area contributed by atoms with Crippen LogP contribution in [0.2, 0.25) is 0 Å². The summed E-state index contributed by atoms with van der Waals surface area (Å²) in [4.78, 5) is 0. The predicted molar refractivity (Wildman–Crippen MR) is 96.1 cm³/mol. The second-order valence-corrected chi connectivity index (χ2v) is 5.46.